The minimum Gasteiger partial charge on any atom is -0.469 e. The van der Waals surface area contributed by atoms with Crippen LogP contribution in [0.2, 0.25) is 0 Å². The van der Waals surface area contributed by atoms with E-state index in [1.807, 2.05) is 13.8 Å². The Morgan fingerprint density at radius 2 is 1.37 bits per heavy atom. The molecule has 0 radical (unpaired) electrons. The maximum atomic E-state index is 11.8. The average molecular weight is 273 g/mol. The molecule has 0 spiro atoms. The molecule has 110 valence electrons. The highest BCUT2D eigenvalue weighted by molar-refractivity contribution is 5.79. The number of carbonyl (C=O) groups is 2. The highest BCUT2D eigenvalue weighted by Gasteiger charge is 2.49. The maximum Gasteiger partial charge on any atom is 0.312 e. The third-order valence-electron chi connectivity index (χ3n) is 3.86. The number of hydrogen-bond donors (Lipinski definition) is 2. The zero-order valence-electron chi connectivity index (χ0n) is 11.9. The van der Waals surface area contributed by atoms with Crippen molar-refractivity contribution in [3.8, 4) is 0 Å². The van der Waals surface area contributed by atoms with Crippen molar-refractivity contribution >= 4 is 11.9 Å². The summed E-state index contributed by atoms with van der Waals surface area (Å²) in [4.78, 5) is 23.6. The van der Waals surface area contributed by atoms with E-state index >= 15 is 0 Å². The second kappa shape index (κ2) is 6.86. The number of esters is 2. The van der Waals surface area contributed by atoms with Crippen molar-refractivity contribution in [1.29, 1.82) is 0 Å². The predicted molar refractivity (Wildman–Crippen MR) is 68.3 cm³/mol. The summed E-state index contributed by atoms with van der Waals surface area (Å²) in [5.74, 6) is -2.51. The van der Waals surface area contributed by atoms with Crippen LogP contribution in [-0.2, 0) is 19.1 Å². The number of methoxy groups -OCH3 is 2. The Morgan fingerprint density at radius 1 is 1.00 bits per heavy atom. The molecule has 19 heavy (non-hydrogen) atoms. The molecular formula is C13H23NO5. The van der Waals surface area contributed by atoms with Crippen molar-refractivity contribution in [3.05, 3.63) is 0 Å². The van der Waals surface area contributed by atoms with E-state index in [1.165, 1.54) is 14.2 Å². The van der Waals surface area contributed by atoms with E-state index in [9.17, 15) is 14.7 Å². The molecule has 1 fully saturated rings. The van der Waals surface area contributed by atoms with Crippen LogP contribution in [0.1, 0.15) is 26.7 Å². The monoisotopic (exact) mass is 273 g/mol. The minimum absolute atomic E-state index is 0.201. The van der Waals surface area contributed by atoms with Gasteiger partial charge in [0.1, 0.15) is 0 Å². The Hall–Kier alpha value is -1.14. The maximum absolute atomic E-state index is 11.8. The molecule has 0 saturated carbocycles. The van der Waals surface area contributed by atoms with E-state index in [4.69, 9.17) is 9.47 Å². The number of hydrogen-bond acceptors (Lipinski definition) is 6. The molecule has 1 rings (SSSR count). The van der Waals surface area contributed by atoms with Crippen molar-refractivity contribution in [2.45, 2.75) is 44.9 Å². The zero-order valence-corrected chi connectivity index (χ0v) is 11.9. The molecule has 6 nitrogen and oxygen atoms in total. The molecule has 0 aromatic carbocycles. The Bertz CT molecular complexity index is 303. The van der Waals surface area contributed by atoms with Crippen molar-refractivity contribution in [3.63, 3.8) is 0 Å². The standard InChI is InChI=1S/C13H23NO5/c1-5-7-9(12(16)18-3)11(15)10(13(17)19-4)8(6-2)14-7/h7-11,14-15H,5-6H2,1-4H3/t7-,8+,9?,10?,11?. The Morgan fingerprint density at radius 3 is 1.63 bits per heavy atom. The summed E-state index contributed by atoms with van der Waals surface area (Å²) in [6.07, 6.45) is 0.249. The molecule has 0 bridgehead atoms. The summed E-state index contributed by atoms with van der Waals surface area (Å²) in [5, 5.41) is 13.6. The smallest absolute Gasteiger partial charge is 0.312 e. The summed E-state index contributed by atoms with van der Waals surface area (Å²) < 4.78 is 9.46. The lowest BCUT2D eigenvalue weighted by molar-refractivity contribution is -0.165. The van der Waals surface area contributed by atoms with Crippen LogP contribution >= 0.6 is 0 Å². The van der Waals surface area contributed by atoms with E-state index in [0.717, 1.165) is 0 Å². The van der Waals surface area contributed by atoms with Gasteiger partial charge in [0, 0.05) is 12.1 Å². The average Bonchev–Trinajstić information content (AvgIpc) is 2.44. The van der Waals surface area contributed by atoms with Crippen molar-refractivity contribution < 1.29 is 24.2 Å². The summed E-state index contributed by atoms with van der Waals surface area (Å²) in [6, 6.07) is -0.401. The highest BCUT2D eigenvalue weighted by atomic mass is 16.5. The zero-order chi connectivity index (χ0) is 14.6. The fraction of sp³-hybridized carbons (Fsp3) is 0.846. The summed E-state index contributed by atoms with van der Waals surface area (Å²) in [5.41, 5.74) is 0. The first-order valence-corrected chi connectivity index (χ1v) is 6.61. The molecule has 1 aliphatic rings. The number of aliphatic hydroxyl groups excluding tert-OH is 1. The van der Waals surface area contributed by atoms with Gasteiger partial charge in [-0.2, -0.15) is 0 Å². The van der Waals surface area contributed by atoms with Gasteiger partial charge in [0.2, 0.25) is 0 Å². The lowest BCUT2D eigenvalue weighted by Gasteiger charge is -2.43. The molecule has 3 unspecified atom stereocenters. The molecule has 0 aromatic rings. The third-order valence-corrected chi connectivity index (χ3v) is 3.86. The molecule has 2 N–H and O–H groups in total. The van der Waals surface area contributed by atoms with Gasteiger partial charge < -0.3 is 19.9 Å². The van der Waals surface area contributed by atoms with E-state index in [1.54, 1.807) is 0 Å². The van der Waals surface area contributed by atoms with Crippen LogP contribution in [0.5, 0.6) is 0 Å². The third kappa shape index (κ3) is 3.06. The SMILES string of the molecule is CC[C@@H]1N[C@H](CC)C(C(=O)OC)C(O)C1C(=O)OC. The Labute approximate surface area is 113 Å². The van der Waals surface area contributed by atoms with Crippen LogP contribution < -0.4 is 5.32 Å². The first kappa shape index (κ1) is 15.9. The Balaban J connectivity index is 3.05. The van der Waals surface area contributed by atoms with Crippen molar-refractivity contribution in [2.75, 3.05) is 14.2 Å². The second-order valence-corrected chi connectivity index (χ2v) is 4.78. The molecule has 0 aromatic heterocycles. The normalized spacial score (nSPS) is 34.7. The van der Waals surface area contributed by atoms with Gasteiger partial charge in [-0.25, -0.2) is 0 Å². The van der Waals surface area contributed by atoms with Crippen LogP contribution in [0, 0.1) is 11.8 Å². The van der Waals surface area contributed by atoms with Gasteiger partial charge in [0.05, 0.1) is 32.2 Å². The second-order valence-electron chi connectivity index (χ2n) is 4.78. The number of rotatable bonds is 4. The summed E-state index contributed by atoms with van der Waals surface area (Å²) >= 11 is 0. The number of piperidine rings is 1. The van der Waals surface area contributed by atoms with Crippen LogP contribution in [-0.4, -0.2) is 49.5 Å². The first-order valence-electron chi connectivity index (χ1n) is 6.61. The van der Waals surface area contributed by atoms with E-state index in [2.05, 4.69) is 5.32 Å². The van der Waals surface area contributed by atoms with Gasteiger partial charge in [-0.3, -0.25) is 9.59 Å². The topological polar surface area (TPSA) is 84.9 Å². The van der Waals surface area contributed by atoms with Gasteiger partial charge in [-0.05, 0) is 12.8 Å². The lowest BCUT2D eigenvalue weighted by Crippen LogP contribution is -2.63. The van der Waals surface area contributed by atoms with Crippen LogP contribution in [0.3, 0.4) is 0 Å². The van der Waals surface area contributed by atoms with E-state index in [0.29, 0.717) is 12.8 Å². The summed E-state index contributed by atoms with van der Waals surface area (Å²) in [6.45, 7) is 3.84. The van der Waals surface area contributed by atoms with Crippen LogP contribution in [0.25, 0.3) is 0 Å². The molecule has 5 atom stereocenters. The molecule has 1 heterocycles. The van der Waals surface area contributed by atoms with Crippen LogP contribution in [0.15, 0.2) is 0 Å². The number of carbonyl (C=O) groups excluding carboxylic acids is 2. The minimum atomic E-state index is -1.09. The van der Waals surface area contributed by atoms with Gasteiger partial charge in [0.25, 0.3) is 0 Å². The Kier molecular flexibility index (Phi) is 5.75. The van der Waals surface area contributed by atoms with Gasteiger partial charge in [-0.1, -0.05) is 13.8 Å². The van der Waals surface area contributed by atoms with E-state index < -0.39 is 29.9 Å². The molecule has 0 amide bonds. The van der Waals surface area contributed by atoms with Gasteiger partial charge in [0.15, 0.2) is 0 Å². The van der Waals surface area contributed by atoms with Crippen molar-refractivity contribution in [2.24, 2.45) is 11.8 Å². The molecular weight excluding hydrogens is 250 g/mol. The molecule has 1 aliphatic heterocycles. The van der Waals surface area contributed by atoms with E-state index in [-0.39, 0.29) is 12.1 Å². The largest absolute Gasteiger partial charge is 0.469 e. The number of ether oxygens (including phenoxy) is 2. The highest BCUT2D eigenvalue weighted by Crippen LogP contribution is 2.30. The first-order chi connectivity index (χ1) is 9.01. The van der Waals surface area contributed by atoms with Crippen LogP contribution in [0.4, 0.5) is 0 Å². The predicted octanol–water partition coefficient (Wildman–Crippen LogP) is 0.0861. The molecule has 1 saturated heterocycles. The quantitative estimate of drug-likeness (QED) is 0.706. The van der Waals surface area contributed by atoms with Crippen molar-refractivity contribution in [1.82, 2.24) is 5.32 Å². The fourth-order valence-electron chi connectivity index (χ4n) is 2.80. The number of aliphatic hydroxyl groups is 1. The lowest BCUT2D eigenvalue weighted by atomic mass is 9.75. The summed E-state index contributed by atoms with van der Waals surface area (Å²) in [7, 11) is 2.56. The van der Waals surface area contributed by atoms with Gasteiger partial charge >= 0.3 is 11.9 Å². The fourth-order valence-corrected chi connectivity index (χ4v) is 2.80. The van der Waals surface area contributed by atoms with Gasteiger partial charge in [-0.15, -0.1) is 0 Å². The number of nitrogens with one attached hydrogen (secondary N) is 1. The molecule has 0 aliphatic carbocycles. The molecule has 6 heteroatoms.